The van der Waals surface area contributed by atoms with Crippen molar-refractivity contribution in [3.05, 3.63) is 108 Å². The van der Waals surface area contributed by atoms with E-state index in [1.165, 1.54) is 0 Å². The summed E-state index contributed by atoms with van der Waals surface area (Å²) in [6.45, 7) is 1.61. The summed E-state index contributed by atoms with van der Waals surface area (Å²) in [6.07, 6.45) is 1.64. The minimum Gasteiger partial charge on any atom is -0.490 e. The molecule has 4 aromatic carbocycles. The van der Waals surface area contributed by atoms with Gasteiger partial charge < -0.3 is 19.7 Å². The first kappa shape index (κ1) is 23.6. The number of hydrogen-bond acceptors (Lipinski definition) is 5. The predicted molar refractivity (Wildman–Crippen MR) is 142 cm³/mol. The lowest BCUT2D eigenvalue weighted by atomic mass is 10.1. The maximum atomic E-state index is 12.8. The highest BCUT2D eigenvalue weighted by molar-refractivity contribution is 7.84. The minimum atomic E-state index is -1.02. The summed E-state index contributed by atoms with van der Waals surface area (Å²) in [6, 6.07) is 30.5. The lowest BCUT2D eigenvalue weighted by molar-refractivity contribution is 0.0950. The third kappa shape index (κ3) is 5.42. The number of fused-ring (bicyclic) bond motifs is 1. The summed E-state index contributed by atoms with van der Waals surface area (Å²) in [7, 11) is -1.02. The molecule has 0 aliphatic carbocycles. The summed E-state index contributed by atoms with van der Waals surface area (Å²) in [5.41, 5.74) is 3.41. The highest BCUT2D eigenvalue weighted by atomic mass is 32.2. The third-order valence-corrected chi connectivity index (χ3v) is 6.86. The highest BCUT2D eigenvalue weighted by Crippen LogP contribution is 2.38. The molecule has 182 valence electrons. The number of nitrogens with zero attached hydrogens (tertiary/aromatic N) is 1. The van der Waals surface area contributed by atoms with Crippen LogP contribution >= 0.6 is 0 Å². The van der Waals surface area contributed by atoms with Crippen LogP contribution in [0.4, 0.5) is 11.4 Å². The Kier molecular flexibility index (Phi) is 7.00. The molecule has 0 saturated heterocycles. The monoisotopic (exact) mass is 498 g/mol. The van der Waals surface area contributed by atoms with E-state index in [-0.39, 0.29) is 5.91 Å². The molecular weight excluding hydrogens is 472 g/mol. The number of amides is 1. The average Bonchev–Trinajstić information content (AvgIpc) is 2.92. The van der Waals surface area contributed by atoms with Crippen LogP contribution in [0.1, 0.15) is 15.9 Å². The van der Waals surface area contributed by atoms with Gasteiger partial charge in [-0.2, -0.15) is 0 Å². The molecule has 0 aromatic heterocycles. The fraction of sp³-hybridized carbons (Fsp3) is 0.138. The smallest absolute Gasteiger partial charge is 0.251 e. The number of hydrogen-bond donors (Lipinski definition) is 1. The Morgan fingerprint density at radius 2 is 1.67 bits per heavy atom. The van der Waals surface area contributed by atoms with Gasteiger partial charge in [-0.15, -0.1) is 0 Å². The number of para-hydroxylation sites is 1. The van der Waals surface area contributed by atoms with Crippen molar-refractivity contribution >= 4 is 28.1 Å². The van der Waals surface area contributed by atoms with Crippen molar-refractivity contribution < 1.29 is 18.5 Å². The molecule has 0 radical (unpaired) electrons. The van der Waals surface area contributed by atoms with Gasteiger partial charge in [0.2, 0.25) is 0 Å². The molecule has 6 nitrogen and oxygen atoms in total. The van der Waals surface area contributed by atoms with E-state index in [0.29, 0.717) is 31.0 Å². The van der Waals surface area contributed by atoms with Crippen LogP contribution in [0.2, 0.25) is 0 Å². The van der Waals surface area contributed by atoms with E-state index < -0.39 is 10.8 Å². The van der Waals surface area contributed by atoms with Crippen LogP contribution in [0, 0.1) is 0 Å². The lowest BCUT2D eigenvalue weighted by Gasteiger charge is -2.31. The Hall–Kier alpha value is -4.10. The molecule has 1 atom stereocenters. The fourth-order valence-corrected chi connectivity index (χ4v) is 4.55. The quantitative estimate of drug-likeness (QED) is 0.355. The number of rotatable bonds is 7. The molecule has 0 fully saturated rings. The SMILES string of the molecule is CS(=O)c1ccc(CNC(=O)c2ccc3c(c2)OCCN3c2ccc(Oc3ccccc3)cc2)cc1. The Bertz CT molecular complexity index is 1370. The van der Waals surface area contributed by atoms with E-state index in [1.807, 2.05) is 91.0 Å². The zero-order chi connectivity index (χ0) is 24.9. The van der Waals surface area contributed by atoms with Gasteiger partial charge in [0, 0.05) is 39.7 Å². The standard InChI is InChI=1S/C29H26N2O4S/c1-36(33)26-14-7-21(8-15-26)20-30-29(32)22-9-16-27-28(19-22)34-18-17-31(27)23-10-12-25(13-11-23)35-24-5-3-2-4-6-24/h2-16,19H,17-18,20H2,1H3,(H,30,32). The first-order valence-electron chi connectivity index (χ1n) is 11.6. The van der Waals surface area contributed by atoms with Crippen LogP contribution in [-0.2, 0) is 17.3 Å². The number of ether oxygens (including phenoxy) is 2. The summed E-state index contributed by atoms with van der Waals surface area (Å²) in [4.78, 5) is 15.7. The normalized spacial score (nSPS) is 13.3. The molecule has 1 aliphatic rings. The number of carbonyl (C=O) groups excluding carboxylic acids is 1. The lowest BCUT2D eigenvalue weighted by Crippen LogP contribution is -2.29. The van der Waals surface area contributed by atoms with Crippen LogP contribution in [0.3, 0.4) is 0 Å². The first-order valence-corrected chi connectivity index (χ1v) is 13.2. The maximum Gasteiger partial charge on any atom is 0.251 e. The molecule has 1 aliphatic heterocycles. The average molecular weight is 499 g/mol. The van der Waals surface area contributed by atoms with Crippen molar-refractivity contribution in [3.63, 3.8) is 0 Å². The predicted octanol–water partition coefficient (Wildman–Crippen LogP) is 5.68. The minimum absolute atomic E-state index is 0.177. The second-order valence-corrected chi connectivity index (χ2v) is 9.75. The van der Waals surface area contributed by atoms with Gasteiger partial charge >= 0.3 is 0 Å². The first-order chi connectivity index (χ1) is 17.6. The van der Waals surface area contributed by atoms with Gasteiger partial charge in [0.25, 0.3) is 5.91 Å². The van der Waals surface area contributed by atoms with Crippen LogP contribution in [0.5, 0.6) is 17.2 Å². The van der Waals surface area contributed by atoms with Crippen molar-refractivity contribution in [2.24, 2.45) is 0 Å². The molecule has 1 amide bonds. The Morgan fingerprint density at radius 1 is 0.944 bits per heavy atom. The highest BCUT2D eigenvalue weighted by Gasteiger charge is 2.21. The van der Waals surface area contributed by atoms with Gasteiger partial charge in [-0.25, -0.2) is 0 Å². The molecular formula is C29H26N2O4S. The Balaban J connectivity index is 1.26. The van der Waals surface area contributed by atoms with E-state index >= 15 is 0 Å². The Morgan fingerprint density at radius 3 is 2.39 bits per heavy atom. The molecule has 0 bridgehead atoms. The third-order valence-electron chi connectivity index (χ3n) is 5.92. The largest absolute Gasteiger partial charge is 0.490 e. The number of carbonyl (C=O) groups is 1. The van der Waals surface area contributed by atoms with E-state index in [0.717, 1.165) is 33.3 Å². The zero-order valence-corrected chi connectivity index (χ0v) is 20.7. The van der Waals surface area contributed by atoms with Gasteiger partial charge in [0.05, 0.1) is 12.2 Å². The summed E-state index contributed by atoms with van der Waals surface area (Å²) >= 11 is 0. The molecule has 36 heavy (non-hydrogen) atoms. The van der Waals surface area contributed by atoms with Crippen LogP contribution in [0.15, 0.2) is 102 Å². The van der Waals surface area contributed by atoms with Gasteiger partial charge in [0.15, 0.2) is 0 Å². The second kappa shape index (κ2) is 10.7. The van der Waals surface area contributed by atoms with Gasteiger partial charge in [-0.1, -0.05) is 30.3 Å². The van der Waals surface area contributed by atoms with Crippen LogP contribution in [0.25, 0.3) is 0 Å². The van der Waals surface area contributed by atoms with E-state index in [1.54, 1.807) is 12.3 Å². The molecule has 1 unspecified atom stereocenters. The summed E-state index contributed by atoms with van der Waals surface area (Å²) < 4.78 is 23.3. The maximum absolute atomic E-state index is 12.8. The van der Waals surface area contributed by atoms with Crippen molar-refractivity contribution in [2.45, 2.75) is 11.4 Å². The summed E-state index contributed by atoms with van der Waals surface area (Å²) in [5, 5.41) is 2.94. The zero-order valence-electron chi connectivity index (χ0n) is 19.8. The molecule has 5 rings (SSSR count). The molecule has 4 aromatic rings. The topological polar surface area (TPSA) is 67.9 Å². The van der Waals surface area contributed by atoms with E-state index in [2.05, 4.69) is 10.2 Å². The van der Waals surface area contributed by atoms with Crippen molar-refractivity contribution in [2.75, 3.05) is 24.3 Å². The number of nitrogens with one attached hydrogen (secondary N) is 1. The fourth-order valence-electron chi connectivity index (χ4n) is 4.03. The van der Waals surface area contributed by atoms with Crippen LogP contribution < -0.4 is 19.7 Å². The van der Waals surface area contributed by atoms with Crippen LogP contribution in [-0.4, -0.2) is 29.5 Å². The van der Waals surface area contributed by atoms with Gasteiger partial charge in [-0.05, 0) is 72.3 Å². The number of anilines is 2. The van der Waals surface area contributed by atoms with E-state index in [9.17, 15) is 9.00 Å². The van der Waals surface area contributed by atoms with Crippen molar-refractivity contribution in [1.82, 2.24) is 5.32 Å². The number of benzene rings is 4. The van der Waals surface area contributed by atoms with E-state index in [4.69, 9.17) is 9.47 Å². The van der Waals surface area contributed by atoms with Crippen molar-refractivity contribution in [3.8, 4) is 17.2 Å². The van der Waals surface area contributed by atoms with Gasteiger partial charge in [0.1, 0.15) is 23.9 Å². The molecule has 0 spiro atoms. The Labute approximate surface area is 212 Å². The molecule has 7 heteroatoms. The van der Waals surface area contributed by atoms with Crippen molar-refractivity contribution in [1.29, 1.82) is 0 Å². The van der Waals surface area contributed by atoms with Gasteiger partial charge in [-0.3, -0.25) is 9.00 Å². The summed E-state index contributed by atoms with van der Waals surface area (Å²) in [5.74, 6) is 2.06. The second-order valence-electron chi connectivity index (χ2n) is 8.37. The molecule has 1 N–H and O–H groups in total. The molecule has 1 heterocycles. The molecule has 0 saturated carbocycles.